The van der Waals surface area contributed by atoms with E-state index in [2.05, 4.69) is 11.4 Å². The summed E-state index contributed by atoms with van der Waals surface area (Å²) >= 11 is 0. The van der Waals surface area contributed by atoms with Crippen LogP contribution in [0.15, 0.2) is 24.3 Å². The lowest BCUT2D eigenvalue weighted by molar-refractivity contribution is -0.143. The van der Waals surface area contributed by atoms with Crippen LogP contribution in [0.25, 0.3) is 0 Å². The maximum atomic E-state index is 11.2. The van der Waals surface area contributed by atoms with Gasteiger partial charge < -0.3 is 10.4 Å². The van der Waals surface area contributed by atoms with Crippen molar-refractivity contribution in [2.24, 2.45) is 5.92 Å². The molecule has 1 aromatic carbocycles. The summed E-state index contributed by atoms with van der Waals surface area (Å²) in [5.74, 6) is -0.991. The maximum absolute atomic E-state index is 11.2. The monoisotopic (exact) mass is 219 g/mol. The fourth-order valence-corrected chi connectivity index (χ4v) is 2.37. The van der Waals surface area contributed by atoms with E-state index in [0.717, 1.165) is 24.9 Å². The predicted molar refractivity (Wildman–Crippen MR) is 62.3 cm³/mol. The second kappa shape index (κ2) is 4.66. The summed E-state index contributed by atoms with van der Waals surface area (Å²) in [5, 5.41) is 12.5. The number of hydrogen-bond donors (Lipinski definition) is 2. The number of aryl methyl sites for hydroxylation is 1. The van der Waals surface area contributed by atoms with Crippen LogP contribution in [0.5, 0.6) is 0 Å². The Morgan fingerprint density at radius 2 is 2.31 bits per heavy atom. The van der Waals surface area contributed by atoms with Crippen molar-refractivity contribution in [2.75, 3.05) is 6.54 Å². The van der Waals surface area contributed by atoms with Crippen LogP contribution in [-0.4, -0.2) is 17.6 Å². The number of carboxylic acid groups (broad SMARTS) is 1. The molecule has 2 rings (SSSR count). The Hall–Kier alpha value is -1.35. The third-order valence-corrected chi connectivity index (χ3v) is 3.18. The molecule has 1 aliphatic heterocycles. The van der Waals surface area contributed by atoms with E-state index >= 15 is 0 Å². The van der Waals surface area contributed by atoms with Crippen molar-refractivity contribution in [1.82, 2.24) is 5.32 Å². The molecule has 2 atom stereocenters. The zero-order valence-electron chi connectivity index (χ0n) is 9.44. The van der Waals surface area contributed by atoms with E-state index < -0.39 is 5.97 Å². The standard InChI is InChI=1S/C13H17NO2/c1-9-4-2-5-10(8-9)12-11(13(15)16)6-3-7-14-12/h2,4-5,8,11-12,14H,3,6-7H2,1H3,(H,15,16). The van der Waals surface area contributed by atoms with Crippen LogP contribution in [0.4, 0.5) is 0 Å². The van der Waals surface area contributed by atoms with Crippen molar-refractivity contribution in [3.05, 3.63) is 35.4 Å². The lowest BCUT2D eigenvalue weighted by atomic mass is 9.86. The molecule has 0 radical (unpaired) electrons. The van der Waals surface area contributed by atoms with Crippen molar-refractivity contribution < 1.29 is 9.90 Å². The van der Waals surface area contributed by atoms with Gasteiger partial charge in [-0.2, -0.15) is 0 Å². The average Bonchev–Trinajstić information content (AvgIpc) is 2.29. The zero-order valence-corrected chi connectivity index (χ0v) is 9.44. The van der Waals surface area contributed by atoms with Gasteiger partial charge in [0.15, 0.2) is 0 Å². The molecule has 0 aliphatic carbocycles. The molecular formula is C13H17NO2. The van der Waals surface area contributed by atoms with E-state index in [9.17, 15) is 9.90 Å². The first-order chi connectivity index (χ1) is 7.68. The van der Waals surface area contributed by atoms with Gasteiger partial charge >= 0.3 is 5.97 Å². The molecular weight excluding hydrogens is 202 g/mol. The molecule has 1 heterocycles. The summed E-state index contributed by atoms with van der Waals surface area (Å²) in [6, 6.07) is 8.05. The summed E-state index contributed by atoms with van der Waals surface area (Å²) in [4.78, 5) is 11.2. The van der Waals surface area contributed by atoms with Crippen molar-refractivity contribution in [3.8, 4) is 0 Å². The van der Waals surface area contributed by atoms with E-state index in [0.29, 0.717) is 0 Å². The molecule has 0 aromatic heterocycles. The number of hydrogen-bond acceptors (Lipinski definition) is 2. The van der Waals surface area contributed by atoms with Gasteiger partial charge in [-0.1, -0.05) is 29.8 Å². The lowest BCUT2D eigenvalue weighted by Gasteiger charge is -2.30. The first kappa shape index (κ1) is 11.1. The molecule has 16 heavy (non-hydrogen) atoms. The van der Waals surface area contributed by atoms with Crippen molar-refractivity contribution in [1.29, 1.82) is 0 Å². The van der Waals surface area contributed by atoms with E-state index in [4.69, 9.17) is 0 Å². The molecule has 86 valence electrons. The van der Waals surface area contributed by atoms with Crippen molar-refractivity contribution >= 4 is 5.97 Å². The van der Waals surface area contributed by atoms with E-state index in [1.807, 2.05) is 25.1 Å². The smallest absolute Gasteiger partial charge is 0.308 e. The first-order valence-electron chi connectivity index (χ1n) is 5.71. The molecule has 2 N–H and O–H groups in total. The van der Waals surface area contributed by atoms with Crippen LogP contribution in [0, 0.1) is 12.8 Å². The number of benzene rings is 1. The Bertz CT molecular complexity index is 389. The molecule has 1 aromatic rings. The number of piperidine rings is 1. The highest BCUT2D eigenvalue weighted by Gasteiger charge is 2.31. The Kier molecular flexibility index (Phi) is 3.25. The topological polar surface area (TPSA) is 49.3 Å². The molecule has 3 nitrogen and oxygen atoms in total. The second-order valence-corrected chi connectivity index (χ2v) is 4.43. The van der Waals surface area contributed by atoms with Crippen molar-refractivity contribution in [2.45, 2.75) is 25.8 Å². The minimum atomic E-state index is -0.696. The van der Waals surface area contributed by atoms with E-state index in [1.54, 1.807) is 0 Å². The van der Waals surface area contributed by atoms with E-state index in [-0.39, 0.29) is 12.0 Å². The average molecular weight is 219 g/mol. The molecule has 2 unspecified atom stereocenters. The SMILES string of the molecule is Cc1cccc(C2NCCCC2C(=O)O)c1. The van der Waals surface area contributed by atoms with Gasteiger partial charge in [-0.3, -0.25) is 4.79 Å². The molecule has 1 aliphatic rings. The largest absolute Gasteiger partial charge is 0.481 e. The summed E-state index contributed by atoms with van der Waals surface area (Å²) in [5.41, 5.74) is 2.26. The molecule has 1 saturated heterocycles. The second-order valence-electron chi connectivity index (χ2n) is 4.43. The van der Waals surface area contributed by atoms with Gasteiger partial charge in [-0.05, 0) is 31.9 Å². The Morgan fingerprint density at radius 1 is 1.50 bits per heavy atom. The number of carboxylic acids is 1. The fourth-order valence-electron chi connectivity index (χ4n) is 2.37. The molecule has 0 saturated carbocycles. The summed E-state index contributed by atoms with van der Waals surface area (Å²) in [6.45, 7) is 2.94. The predicted octanol–water partition coefficient (Wildman–Crippen LogP) is 2.12. The molecule has 0 spiro atoms. The van der Waals surface area contributed by atoms with Crippen LogP contribution in [0.2, 0.25) is 0 Å². The van der Waals surface area contributed by atoms with Gasteiger partial charge in [0.25, 0.3) is 0 Å². The Balaban J connectivity index is 2.26. The van der Waals surface area contributed by atoms with Crippen LogP contribution in [0.1, 0.15) is 30.0 Å². The minimum Gasteiger partial charge on any atom is -0.481 e. The highest BCUT2D eigenvalue weighted by molar-refractivity contribution is 5.71. The first-order valence-corrected chi connectivity index (χ1v) is 5.71. The highest BCUT2D eigenvalue weighted by atomic mass is 16.4. The minimum absolute atomic E-state index is 0.0360. The lowest BCUT2D eigenvalue weighted by Crippen LogP contribution is -2.38. The normalized spacial score (nSPS) is 25.3. The highest BCUT2D eigenvalue weighted by Crippen LogP contribution is 2.29. The fraction of sp³-hybridized carbons (Fsp3) is 0.462. The summed E-state index contributed by atoms with van der Waals surface area (Å²) < 4.78 is 0. The Morgan fingerprint density at radius 3 is 3.00 bits per heavy atom. The van der Waals surface area contributed by atoms with Crippen molar-refractivity contribution in [3.63, 3.8) is 0 Å². The molecule has 0 amide bonds. The summed E-state index contributed by atoms with van der Waals surface area (Å²) in [6.07, 6.45) is 1.71. The third kappa shape index (κ3) is 2.25. The van der Waals surface area contributed by atoms with Gasteiger partial charge in [0.1, 0.15) is 0 Å². The third-order valence-electron chi connectivity index (χ3n) is 3.18. The van der Waals surface area contributed by atoms with Gasteiger partial charge in [0, 0.05) is 6.04 Å². The van der Waals surface area contributed by atoms with Crippen LogP contribution >= 0.6 is 0 Å². The van der Waals surface area contributed by atoms with Gasteiger partial charge in [-0.15, -0.1) is 0 Å². The number of aliphatic carboxylic acids is 1. The number of rotatable bonds is 2. The van der Waals surface area contributed by atoms with Gasteiger partial charge in [-0.25, -0.2) is 0 Å². The zero-order chi connectivity index (χ0) is 11.5. The van der Waals surface area contributed by atoms with Crippen LogP contribution < -0.4 is 5.32 Å². The number of carbonyl (C=O) groups is 1. The Labute approximate surface area is 95.5 Å². The van der Waals surface area contributed by atoms with Crippen LogP contribution in [0.3, 0.4) is 0 Å². The number of nitrogens with one attached hydrogen (secondary N) is 1. The molecule has 3 heteroatoms. The quantitative estimate of drug-likeness (QED) is 0.801. The summed E-state index contributed by atoms with van der Waals surface area (Å²) in [7, 11) is 0. The van der Waals surface area contributed by atoms with Gasteiger partial charge in [0.05, 0.1) is 5.92 Å². The maximum Gasteiger partial charge on any atom is 0.308 e. The molecule has 0 bridgehead atoms. The van der Waals surface area contributed by atoms with Gasteiger partial charge in [0.2, 0.25) is 0 Å². The van der Waals surface area contributed by atoms with Crippen LogP contribution in [-0.2, 0) is 4.79 Å². The van der Waals surface area contributed by atoms with E-state index in [1.165, 1.54) is 5.56 Å². The molecule has 1 fully saturated rings.